The van der Waals surface area contributed by atoms with Crippen LogP contribution >= 0.6 is 0 Å². The van der Waals surface area contributed by atoms with Crippen molar-refractivity contribution in [1.82, 2.24) is 0 Å². The predicted molar refractivity (Wildman–Crippen MR) is 131 cm³/mol. The van der Waals surface area contributed by atoms with Crippen molar-refractivity contribution in [2.45, 2.75) is 110 Å². The zero-order chi connectivity index (χ0) is 23.5. The van der Waals surface area contributed by atoms with E-state index in [9.17, 15) is 15.3 Å². The summed E-state index contributed by atoms with van der Waals surface area (Å²) >= 11 is 0. The number of aliphatic hydroxyl groups excluding tert-OH is 2. The van der Waals surface area contributed by atoms with E-state index in [4.69, 9.17) is 0 Å². The Kier molecular flexibility index (Phi) is 6.53. The van der Waals surface area contributed by atoms with Crippen LogP contribution in [-0.2, 0) is 0 Å². The molecule has 4 aliphatic carbocycles. The smallest absolute Gasteiger partial charge is 0.0736 e. The Labute approximate surface area is 196 Å². The van der Waals surface area contributed by atoms with E-state index in [1.807, 2.05) is 0 Å². The lowest BCUT2D eigenvalue weighted by Crippen LogP contribution is -2.68. The molecular formula is C29H48O3. The van der Waals surface area contributed by atoms with Crippen LogP contribution in [-0.4, -0.2) is 33.1 Å². The van der Waals surface area contributed by atoms with Gasteiger partial charge in [0.25, 0.3) is 0 Å². The van der Waals surface area contributed by atoms with E-state index in [1.54, 1.807) is 0 Å². The van der Waals surface area contributed by atoms with Crippen molar-refractivity contribution < 1.29 is 15.3 Å². The maximum absolute atomic E-state index is 12.3. The molecule has 0 aromatic carbocycles. The molecule has 0 radical (unpaired) electrons. The monoisotopic (exact) mass is 444 g/mol. The Balaban J connectivity index is 1.58. The zero-order valence-electron chi connectivity index (χ0n) is 21.2. The molecule has 4 rings (SSSR count). The van der Waals surface area contributed by atoms with Crippen LogP contribution in [0, 0.1) is 46.3 Å². The highest BCUT2D eigenvalue weighted by Crippen LogP contribution is 2.69. The molecule has 11 atom stereocenters. The molecule has 0 aromatic rings. The summed E-state index contributed by atoms with van der Waals surface area (Å²) in [5, 5.41) is 33.8. The maximum atomic E-state index is 12.3. The normalized spacial score (nSPS) is 50.4. The average molecular weight is 445 g/mol. The van der Waals surface area contributed by atoms with Gasteiger partial charge in [-0.05, 0) is 106 Å². The summed E-state index contributed by atoms with van der Waals surface area (Å²) in [5.74, 6) is 2.28. The van der Waals surface area contributed by atoms with Gasteiger partial charge >= 0.3 is 0 Å². The van der Waals surface area contributed by atoms with Gasteiger partial charge in [0.1, 0.15) is 0 Å². The number of aliphatic hydroxyl groups is 3. The van der Waals surface area contributed by atoms with Crippen molar-refractivity contribution in [2.75, 3.05) is 0 Å². The molecule has 0 spiro atoms. The predicted octanol–water partition coefficient (Wildman–Crippen LogP) is 5.89. The molecule has 32 heavy (non-hydrogen) atoms. The number of hydrogen-bond donors (Lipinski definition) is 3. The number of fused-ring (bicyclic) bond motifs is 5. The number of rotatable bonds is 5. The largest absolute Gasteiger partial charge is 0.393 e. The van der Waals surface area contributed by atoms with Gasteiger partial charge in [0.05, 0.1) is 17.8 Å². The summed E-state index contributed by atoms with van der Waals surface area (Å²) in [6.07, 6.45) is 12.4. The van der Waals surface area contributed by atoms with Crippen LogP contribution in [0.15, 0.2) is 24.3 Å². The Morgan fingerprint density at radius 2 is 1.72 bits per heavy atom. The third kappa shape index (κ3) is 3.57. The molecule has 3 heteroatoms. The Morgan fingerprint density at radius 1 is 1.00 bits per heavy atom. The SMILES string of the molecule is C=C(C)[C@@H](C=C[C@@H](C)[C@H]1CC[C@H]2[C@@H]3C[C@@H](O)[C@@H]4C[C@@H](O)CC[C@]4(C)[C@@]3(O)CC[C@]12C)CC. The van der Waals surface area contributed by atoms with Crippen molar-refractivity contribution in [1.29, 1.82) is 0 Å². The molecule has 3 nitrogen and oxygen atoms in total. The van der Waals surface area contributed by atoms with Gasteiger partial charge in [-0.15, -0.1) is 0 Å². The summed E-state index contributed by atoms with van der Waals surface area (Å²) in [6.45, 7) is 15.6. The summed E-state index contributed by atoms with van der Waals surface area (Å²) < 4.78 is 0. The lowest BCUT2D eigenvalue weighted by molar-refractivity contribution is -0.264. The highest BCUT2D eigenvalue weighted by Gasteiger charge is 2.68. The van der Waals surface area contributed by atoms with Crippen molar-refractivity contribution in [3.05, 3.63) is 24.3 Å². The fraction of sp³-hybridized carbons (Fsp3) is 0.862. The first kappa shape index (κ1) is 24.5. The van der Waals surface area contributed by atoms with Gasteiger partial charge in [0.15, 0.2) is 0 Å². The van der Waals surface area contributed by atoms with Crippen LogP contribution in [0.4, 0.5) is 0 Å². The van der Waals surface area contributed by atoms with E-state index in [-0.39, 0.29) is 28.8 Å². The van der Waals surface area contributed by atoms with Crippen LogP contribution < -0.4 is 0 Å². The molecule has 0 amide bonds. The summed E-state index contributed by atoms with van der Waals surface area (Å²) in [5.41, 5.74) is 0.478. The van der Waals surface area contributed by atoms with E-state index in [2.05, 4.69) is 53.3 Å². The number of hydrogen-bond acceptors (Lipinski definition) is 3. The lowest BCUT2D eigenvalue weighted by Gasteiger charge is -2.66. The second-order valence-corrected chi connectivity index (χ2v) is 12.7. The molecule has 4 aliphatic rings. The van der Waals surface area contributed by atoms with E-state index in [0.29, 0.717) is 36.5 Å². The molecule has 0 heterocycles. The van der Waals surface area contributed by atoms with Gasteiger partial charge in [0.2, 0.25) is 0 Å². The molecule has 0 aliphatic heterocycles. The molecule has 0 bridgehead atoms. The van der Waals surface area contributed by atoms with Crippen LogP contribution in [0.2, 0.25) is 0 Å². The van der Waals surface area contributed by atoms with Crippen molar-refractivity contribution >= 4 is 0 Å². The van der Waals surface area contributed by atoms with Gasteiger partial charge in [-0.25, -0.2) is 0 Å². The van der Waals surface area contributed by atoms with Crippen molar-refractivity contribution in [3.63, 3.8) is 0 Å². The van der Waals surface area contributed by atoms with Gasteiger partial charge in [-0.1, -0.05) is 52.0 Å². The average Bonchev–Trinajstić information content (AvgIpc) is 3.09. The van der Waals surface area contributed by atoms with Crippen LogP contribution in [0.3, 0.4) is 0 Å². The molecule has 0 saturated heterocycles. The maximum Gasteiger partial charge on any atom is 0.0736 e. The van der Waals surface area contributed by atoms with Crippen molar-refractivity contribution in [3.8, 4) is 0 Å². The summed E-state index contributed by atoms with van der Waals surface area (Å²) in [6, 6.07) is 0. The standard InChI is InChI=1S/C29H48O3/c1-7-20(18(2)3)9-8-19(4)22-10-11-23-24-17-26(31)25-16-21(30)12-13-28(25,6)29(24,32)15-14-27(22,23)5/h8-9,19-26,30-32H,2,7,10-17H2,1,3-6H3/t19-,20-,21+,22-,23+,24+,25+,26-,27-,28+,29-/m1/s1. The first-order valence-corrected chi connectivity index (χ1v) is 13.4. The third-order valence-electron chi connectivity index (χ3n) is 11.3. The molecule has 0 unspecified atom stereocenters. The van der Waals surface area contributed by atoms with E-state index >= 15 is 0 Å². The zero-order valence-corrected chi connectivity index (χ0v) is 21.2. The fourth-order valence-electron chi connectivity index (χ4n) is 9.19. The lowest BCUT2D eigenvalue weighted by atomic mass is 9.41. The van der Waals surface area contributed by atoms with Crippen molar-refractivity contribution in [2.24, 2.45) is 46.3 Å². The minimum atomic E-state index is -0.706. The quantitative estimate of drug-likeness (QED) is 0.464. The van der Waals surface area contributed by atoms with E-state index < -0.39 is 11.7 Å². The highest BCUT2D eigenvalue weighted by molar-refractivity contribution is 5.19. The topological polar surface area (TPSA) is 60.7 Å². The summed E-state index contributed by atoms with van der Waals surface area (Å²) in [7, 11) is 0. The minimum Gasteiger partial charge on any atom is -0.393 e. The first-order chi connectivity index (χ1) is 15.0. The van der Waals surface area contributed by atoms with Gasteiger partial charge in [0, 0.05) is 5.41 Å². The van der Waals surface area contributed by atoms with Crippen LogP contribution in [0.5, 0.6) is 0 Å². The first-order valence-electron chi connectivity index (χ1n) is 13.4. The third-order valence-corrected chi connectivity index (χ3v) is 11.3. The van der Waals surface area contributed by atoms with E-state index in [1.165, 1.54) is 18.4 Å². The Hall–Kier alpha value is -0.640. The Morgan fingerprint density at radius 3 is 2.38 bits per heavy atom. The fourth-order valence-corrected chi connectivity index (χ4v) is 9.19. The molecule has 182 valence electrons. The van der Waals surface area contributed by atoms with Gasteiger partial charge in [-0.3, -0.25) is 0 Å². The molecule has 3 N–H and O–H groups in total. The highest BCUT2D eigenvalue weighted by atomic mass is 16.3. The second-order valence-electron chi connectivity index (χ2n) is 12.7. The van der Waals surface area contributed by atoms with Crippen LogP contribution in [0.25, 0.3) is 0 Å². The summed E-state index contributed by atoms with van der Waals surface area (Å²) in [4.78, 5) is 0. The molecule has 0 aromatic heterocycles. The van der Waals surface area contributed by atoms with E-state index in [0.717, 1.165) is 32.1 Å². The molecular weight excluding hydrogens is 396 g/mol. The van der Waals surface area contributed by atoms with Gasteiger partial charge < -0.3 is 15.3 Å². The molecule has 4 saturated carbocycles. The second kappa shape index (κ2) is 8.54. The Bertz CT molecular complexity index is 745. The number of allylic oxidation sites excluding steroid dienone is 3. The minimum absolute atomic E-state index is 0.0176. The molecule has 4 fully saturated rings. The van der Waals surface area contributed by atoms with Crippen LogP contribution in [0.1, 0.15) is 92.4 Å². The van der Waals surface area contributed by atoms with Gasteiger partial charge in [-0.2, -0.15) is 0 Å².